The van der Waals surface area contributed by atoms with E-state index in [0.29, 0.717) is 17.5 Å². The molecular formula is C12H15ClO3. The van der Waals surface area contributed by atoms with Crippen LogP contribution in [0.2, 0.25) is 0 Å². The van der Waals surface area contributed by atoms with Crippen LogP contribution in [0.4, 0.5) is 0 Å². The highest BCUT2D eigenvalue weighted by molar-refractivity contribution is 6.17. The Labute approximate surface area is 100.0 Å². The van der Waals surface area contributed by atoms with Crippen molar-refractivity contribution < 1.29 is 14.6 Å². The summed E-state index contributed by atoms with van der Waals surface area (Å²) in [5.41, 5.74) is 1.99. The van der Waals surface area contributed by atoms with Gasteiger partial charge in [0.15, 0.2) is 6.61 Å². The Morgan fingerprint density at radius 1 is 1.50 bits per heavy atom. The number of hydrogen-bond donors (Lipinski definition) is 1. The molecule has 0 heterocycles. The fraction of sp³-hybridized carbons (Fsp3) is 0.417. The van der Waals surface area contributed by atoms with Gasteiger partial charge in [0.2, 0.25) is 0 Å². The van der Waals surface area contributed by atoms with E-state index in [0.717, 1.165) is 5.56 Å². The molecule has 1 aromatic rings. The molecule has 88 valence electrons. The van der Waals surface area contributed by atoms with E-state index in [2.05, 4.69) is 13.8 Å². The molecule has 0 aliphatic rings. The number of carbonyl (C=O) groups is 1. The zero-order valence-electron chi connectivity index (χ0n) is 9.37. The fourth-order valence-corrected chi connectivity index (χ4v) is 1.55. The van der Waals surface area contributed by atoms with Crippen molar-refractivity contribution in [1.82, 2.24) is 0 Å². The molecule has 0 unspecified atom stereocenters. The molecule has 0 bridgehead atoms. The zero-order chi connectivity index (χ0) is 12.1. The van der Waals surface area contributed by atoms with Crippen LogP contribution >= 0.6 is 11.6 Å². The molecule has 0 radical (unpaired) electrons. The van der Waals surface area contributed by atoms with Crippen molar-refractivity contribution in [3.63, 3.8) is 0 Å². The van der Waals surface area contributed by atoms with Gasteiger partial charge in [-0.2, -0.15) is 0 Å². The number of hydrogen-bond acceptors (Lipinski definition) is 2. The third-order valence-corrected chi connectivity index (χ3v) is 2.53. The maximum Gasteiger partial charge on any atom is 0.341 e. The third kappa shape index (κ3) is 3.42. The lowest BCUT2D eigenvalue weighted by Gasteiger charge is -2.12. The van der Waals surface area contributed by atoms with Crippen LogP contribution in [0.15, 0.2) is 18.2 Å². The number of carboxylic acid groups (broad SMARTS) is 1. The van der Waals surface area contributed by atoms with Crippen LogP contribution in [0.1, 0.15) is 30.9 Å². The molecule has 0 saturated heterocycles. The molecular weight excluding hydrogens is 228 g/mol. The van der Waals surface area contributed by atoms with Gasteiger partial charge in [0, 0.05) is 5.56 Å². The van der Waals surface area contributed by atoms with Crippen molar-refractivity contribution in [2.75, 3.05) is 6.61 Å². The Morgan fingerprint density at radius 2 is 2.19 bits per heavy atom. The highest BCUT2D eigenvalue weighted by Gasteiger charge is 2.08. The van der Waals surface area contributed by atoms with Crippen LogP contribution in [0.3, 0.4) is 0 Å². The van der Waals surface area contributed by atoms with Crippen molar-refractivity contribution in [3.05, 3.63) is 29.3 Å². The minimum Gasteiger partial charge on any atom is -0.482 e. The van der Waals surface area contributed by atoms with Crippen LogP contribution < -0.4 is 4.74 Å². The summed E-state index contributed by atoms with van der Waals surface area (Å²) in [7, 11) is 0. The first-order chi connectivity index (χ1) is 7.54. The van der Waals surface area contributed by atoms with E-state index in [4.69, 9.17) is 21.4 Å². The van der Waals surface area contributed by atoms with Crippen LogP contribution in [0.25, 0.3) is 0 Å². The van der Waals surface area contributed by atoms with Crippen LogP contribution in [-0.2, 0) is 10.7 Å². The number of rotatable bonds is 5. The Kier molecular flexibility index (Phi) is 4.62. The fourth-order valence-electron chi connectivity index (χ4n) is 1.34. The van der Waals surface area contributed by atoms with Crippen LogP contribution in [0, 0.1) is 0 Å². The molecule has 1 rings (SSSR count). The van der Waals surface area contributed by atoms with Gasteiger partial charge in [-0.1, -0.05) is 26.0 Å². The molecule has 1 aromatic carbocycles. The third-order valence-electron chi connectivity index (χ3n) is 2.25. The van der Waals surface area contributed by atoms with Crippen molar-refractivity contribution in [3.8, 4) is 5.75 Å². The van der Waals surface area contributed by atoms with Crippen LogP contribution in [0.5, 0.6) is 5.75 Å². The van der Waals surface area contributed by atoms with E-state index in [-0.39, 0.29) is 6.61 Å². The number of carboxylic acids is 1. The largest absolute Gasteiger partial charge is 0.482 e. The highest BCUT2D eigenvalue weighted by atomic mass is 35.5. The Hall–Kier alpha value is -1.22. The van der Waals surface area contributed by atoms with E-state index in [1.165, 1.54) is 5.56 Å². The molecule has 0 saturated carbocycles. The number of aliphatic carboxylic acids is 1. The quantitative estimate of drug-likeness (QED) is 0.808. The van der Waals surface area contributed by atoms with E-state index >= 15 is 0 Å². The number of halogens is 1. The maximum absolute atomic E-state index is 10.4. The first-order valence-corrected chi connectivity index (χ1v) is 5.61. The SMILES string of the molecule is CC(C)c1ccc(OCC(=O)O)c(CCl)c1. The highest BCUT2D eigenvalue weighted by Crippen LogP contribution is 2.25. The average molecular weight is 243 g/mol. The lowest BCUT2D eigenvalue weighted by Crippen LogP contribution is -2.10. The van der Waals surface area contributed by atoms with Gasteiger partial charge in [-0.25, -0.2) is 4.79 Å². The van der Waals surface area contributed by atoms with Gasteiger partial charge < -0.3 is 9.84 Å². The molecule has 0 aliphatic carbocycles. The lowest BCUT2D eigenvalue weighted by molar-refractivity contribution is -0.139. The zero-order valence-corrected chi connectivity index (χ0v) is 10.1. The first kappa shape index (κ1) is 12.8. The Morgan fingerprint density at radius 3 is 2.69 bits per heavy atom. The van der Waals surface area contributed by atoms with Gasteiger partial charge in [-0.05, 0) is 17.5 Å². The van der Waals surface area contributed by atoms with Crippen molar-refractivity contribution in [2.45, 2.75) is 25.6 Å². The molecule has 4 heteroatoms. The molecule has 3 nitrogen and oxygen atoms in total. The maximum atomic E-state index is 10.4. The molecule has 0 atom stereocenters. The summed E-state index contributed by atoms with van der Waals surface area (Å²) in [6.45, 7) is 3.83. The minimum atomic E-state index is -0.992. The van der Waals surface area contributed by atoms with Crippen LogP contribution in [-0.4, -0.2) is 17.7 Å². The predicted molar refractivity (Wildman–Crippen MR) is 63.2 cm³/mol. The van der Waals surface area contributed by atoms with Crippen molar-refractivity contribution in [2.24, 2.45) is 0 Å². The van der Waals surface area contributed by atoms with E-state index in [9.17, 15) is 4.79 Å². The monoisotopic (exact) mass is 242 g/mol. The van der Waals surface area contributed by atoms with Gasteiger partial charge in [-0.15, -0.1) is 11.6 Å². The Bertz CT molecular complexity index is 375. The van der Waals surface area contributed by atoms with Gasteiger partial charge >= 0.3 is 5.97 Å². The van der Waals surface area contributed by atoms with E-state index < -0.39 is 5.97 Å². The molecule has 0 spiro atoms. The number of ether oxygens (including phenoxy) is 1. The summed E-state index contributed by atoms with van der Waals surface area (Å²) in [4.78, 5) is 10.4. The summed E-state index contributed by atoms with van der Waals surface area (Å²) in [5, 5.41) is 8.52. The lowest BCUT2D eigenvalue weighted by atomic mass is 10.0. The van der Waals surface area contributed by atoms with Gasteiger partial charge in [0.05, 0.1) is 5.88 Å². The first-order valence-electron chi connectivity index (χ1n) is 5.08. The second kappa shape index (κ2) is 5.75. The molecule has 1 N–H and O–H groups in total. The second-order valence-electron chi connectivity index (χ2n) is 3.84. The summed E-state index contributed by atoms with van der Waals surface area (Å²) >= 11 is 5.80. The number of benzene rings is 1. The predicted octanol–water partition coefficient (Wildman–Crippen LogP) is 3.01. The minimum absolute atomic E-state index is 0.315. The second-order valence-corrected chi connectivity index (χ2v) is 4.11. The van der Waals surface area contributed by atoms with E-state index in [1.54, 1.807) is 6.07 Å². The molecule has 0 aliphatic heterocycles. The molecule has 0 fully saturated rings. The Balaban J connectivity index is 2.88. The van der Waals surface area contributed by atoms with Gasteiger partial charge in [0.25, 0.3) is 0 Å². The van der Waals surface area contributed by atoms with Gasteiger partial charge in [0.1, 0.15) is 5.75 Å². The average Bonchev–Trinajstić information content (AvgIpc) is 2.25. The van der Waals surface area contributed by atoms with E-state index in [1.807, 2.05) is 12.1 Å². The normalized spacial score (nSPS) is 10.5. The molecule has 0 aromatic heterocycles. The van der Waals surface area contributed by atoms with Crippen molar-refractivity contribution >= 4 is 17.6 Å². The summed E-state index contributed by atoms with van der Waals surface area (Å²) in [6.07, 6.45) is 0. The van der Waals surface area contributed by atoms with Gasteiger partial charge in [-0.3, -0.25) is 0 Å². The summed E-state index contributed by atoms with van der Waals surface area (Å²) in [6, 6.07) is 5.66. The molecule has 16 heavy (non-hydrogen) atoms. The molecule has 0 amide bonds. The topological polar surface area (TPSA) is 46.5 Å². The standard InChI is InChI=1S/C12H15ClO3/c1-8(2)9-3-4-11(10(5-9)6-13)16-7-12(14)15/h3-5,8H,6-7H2,1-2H3,(H,14,15). The summed E-state index contributed by atoms with van der Waals surface area (Å²) in [5.74, 6) is 0.279. The van der Waals surface area contributed by atoms with Crippen molar-refractivity contribution in [1.29, 1.82) is 0 Å². The smallest absolute Gasteiger partial charge is 0.341 e. The summed E-state index contributed by atoms with van der Waals surface area (Å²) < 4.78 is 5.14. The number of alkyl halides is 1.